The van der Waals surface area contributed by atoms with Gasteiger partial charge in [-0.3, -0.25) is 4.79 Å². The fourth-order valence-corrected chi connectivity index (χ4v) is 2.92. The molecule has 21 heavy (non-hydrogen) atoms. The molecular formula is C14H18O6S. The molecule has 0 aromatic heterocycles. The number of hydrogen-bond acceptors (Lipinski definition) is 6. The van der Waals surface area contributed by atoms with Gasteiger partial charge in [0.25, 0.3) is 0 Å². The van der Waals surface area contributed by atoms with E-state index >= 15 is 0 Å². The third kappa shape index (κ3) is 4.10. The van der Waals surface area contributed by atoms with E-state index in [-0.39, 0.29) is 4.90 Å². The fraction of sp³-hybridized carbons (Fsp3) is 0.500. The molecule has 2 rings (SSSR count). The molecule has 7 heteroatoms. The summed E-state index contributed by atoms with van der Waals surface area (Å²) in [6.45, 7) is 5.84. The van der Waals surface area contributed by atoms with E-state index in [1.165, 1.54) is 18.2 Å². The number of esters is 1. The molecule has 0 bridgehead atoms. The second-order valence-corrected chi connectivity index (χ2v) is 7.64. The quantitative estimate of drug-likeness (QED) is 0.788. The lowest BCUT2D eigenvalue weighted by Crippen LogP contribution is -2.28. The molecule has 0 spiro atoms. The zero-order valence-electron chi connectivity index (χ0n) is 12.2. The molecular weight excluding hydrogens is 296 g/mol. The zero-order chi connectivity index (χ0) is 15.7. The van der Waals surface area contributed by atoms with E-state index in [1.54, 1.807) is 20.8 Å². The van der Waals surface area contributed by atoms with Gasteiger partial charge in [0.05, 0.1) is 4.90 Å². The number of benzene rings is 1. The molecule has 1 aliphatic rings. The van der Waals surface area contributed by atoms with Crippen LogP contribution in [0.3, 0.4) is 0 Å². The molecule has 1 heterocycles. The Hall–Kier alpha value is -1.76. The average Bonchev–Trinajstić information content (AvgIpc) is 2.35. The van der Waals surface area contributed by atoms with Crippen molar-refractivity contribution in [3.05, 3.63) is 18.2 Å². The van der Waals surface area contributed by atoms with Crippen LogP contribution in [0.5, 0.6) is 11.5 Å². The van der Waals surface area contributed by atoms with Gasteiger partial charge in [-0.1, -0.05) is 0 Å². The smallest absolute Gasteiger partial charge is 0.322 e. The Morgan fingerprint density at radius 1 is 1.19 bits per heavy atom. The van der Waals surface area contributed by atoms with E-state index < -0.39 is 27.2 Å². The molecule has 0 amide bonds. The monoisotopic (exact) mass is 314 g/mol. The lowest BCUT2D eigenvalue weighted by atomic mass is 10.2. The van der Waals surface area contributed by atoms with Crippen molar-refractivity contribution in [2.75, 3.05) is 19.0 Å². The number of sulfone groups is 1. The van der Waals surface area contributed by atoms with Gasteiger partial charge in [0.15, 0.2) is 27.1 Å². The summed E-state index contributed by atoms with van der Waals surface area (Å²) in [6.07, 6.45) is 0. The van der Waals surface area contributed by atoms with Crippen LogP contribution in [0.1, 0.15) is 20.8 Å². The summed E-state index contributed by atoms with van der Waals surface area (Å²) in [5.41, 5.74) is -0.723. The highest BCUT2D eigenvalue weighted by Gasteiger charge is 2.25. The lowest BCUT2D eigenvalue weighted by molar-refractivity contribution is -0.151. The van der Waals surface area contributed by atoms with Crippen molar-refractivity contribution >= 4 is 15.8 Å². The van der Waals surface area contributed by atoms with Crippen LogP contribution in [0.4, 0.5) is 0 Å². The summed E-state index contributed by atoms with van der Waals surface area (Å²) in [7, 11) is -3.78. The van der Waals surface area contributed by atoms with Crippen molar-refractivity contribution in [1.82, 2.24) is 0 Å². The molecule has 0 unspecified atom stereocenters. The highest BCUT2D eigenvalue weighted by molar-refractivity contribution is 7.92. The van der Waals surface area contributed by atoms with Crippen LogP contribution in [0, 0.1) is 0 Å². The number of carbonyl (C=O) groups excluding carboxylic acids is 1. The number of rotatable bonds is 3. The van der Waals surface area contributed by atoms with E-state index in [9.17, 15) is 13.2 Å². The Kier molecular flexibility index (Phi) is 4.13. The molecule has 116 valence electrons. The van der Waals surface area contributed by atoms with Gasteiger partial charge in [0.2, 0.25) is 0 Å². The van der Waals surface area contributed by atoms with Gasteiger partial charge in [-0.05, 0) is 32.9 Å². The summed E-state index contributed by atoms with van der Waals surface area (Å²) in [5, 5.41) is 0. The maximum atomic E-state index is 12.2. The standard InChI is InChI=1S/C14H18O6S/c1-14(2,3)20-13(15)9-21(16,17)10-4-5-11-12(8-10)19-7-6-18-11/h4-5,8H,6-7,9H2,1-3H3. The molecule has 0 aliphatic carbocycles. The van der Waals surface area contributed by atoms with E-state index in [0.29, 0.717) is 24.7 Å². The number of ether oxygens (including phenoxy) is 3. The molecule has 1 aromatic carbocycles. The van der Waals surface area contributed by atoms with Crippen LogP contribution in [-0.2, 0) is 19.4 Å². The second-order valence-electron chi connectivity index (χ2n) is 5.65. The van der Waals surface area contributed by atoms with Crippen molar-refractivity contribution in [2.45, 2.75) is 31.3 Å². The van der Waals surface area contributed by atoms with Crippen molar-refractivity contribution in [3.8, 4) is 11.5 Å². The van der Waals surface area contributed by atoms with Crippen molar-refractivity contribution < 1.29 is 27.4 Å². The first-order valence-electron chi connectivity index (χ1n) is 6.52. The lowest BCUT2D eigenvalue weighted by Gasteiger charge is -2.20. The van der Waals surface area contributed by atoms with Crippen LogP contribution in [-0.4, -0.2) is 39.0 Å². The average molecular weight is 314 g/mol. The molecule has 0 saturated carbocycles. The first-order chi connectivity index (χ1) is 9.67. The summed E-state index contributed by atoms with van der Waals surface area (Å²) >= 11 is 0. The molecule has 0 atom stereocenters. The zero-order valence-corrected chi connectivity index (χ0v) is 13.0. The Morgan fingerprint density at radius 3 is 2.43 bits per heavy atom. The normalized spacial score (nSPS) is 14.6. The summed E-state index contributed by atoms with van der Waals surface area (Å²) in [4.78, 5) is 11.7. The summed E-state index contributed by atoms with van der Waals surface area (Å²) < 4.78 is 40.1. The second kappa shape index (κ2) is 5.55. The summed E-state index contributed by atoms with van der Waals surface area (Å²) in [6, 6.07) is 4.29. The van der Waals surface area contributed by atoms with E-state index in [4.69, 9.17) is 14.2 Å². The van der Waals surface area contributed by atoms with Crippen LogP contribution in [0.15, 0.2) is 23.1 Å². The van der Waals surface area contributed by atoms with Gasteiger partial charge < -0.3 is 14.2 Å². The molecule has 0 radical (unpaired) electrons. The third-order valence-electron chi connectivity index (χ3n) is 2.60. The molecule has 0 fully saturated rings. The Balaban J connectivity index is 2.18. The van der Waals surface area contributed by atoms with Crippen molar-refractivity contribution in [2.24, 2.45) is 0 Å². The predicted octanol–water partition coefficient (Wildman–Crippen LogP) is 1.57. The minimum atomic E-state index is -3.78. The van der Waals surface area contributed by atoms with Gasteiger partial charge in [0.1, 0.15) is 18.8 Å². The highest BCUT2D eigenvalue weighted by Crippen LogP contribution is 2.32. The maximum Gasteiger partial charge on any atom is 0.322 e. The first kappa shape index (κ1) is 15.6. The maximum absolute atomic E-state index is 12.2. The topological polar surface area (TPSA) is 78.9 Å². The number of hydrogen-bond donors (Lipinski definition) is 0. The van der Waals surface area contributed by atoms with Crippen LogP contribution in [0.2, 0.25) is 0 Å². The largest absolute Gasteiger partial charge is 0.486 e. The SMILES string of the molecule is CC(C)(C)OC(=O)CS(=O)(=O)c1ccc2c(c1)OCCO2. The van der Waals surface area contributed by atoms with E-state index in [1.807, 2.05) is 0 Å². The molecule has 1 aromatic rings. The minimum Gasteiger partial charge on any atom is -0.486 e. The van der Waals surface area contributed by atoms with E-state index in [2.05, 4.69) is 0 Å². The van der Waals surface area contributed by atoms with Crippen molar-refractivity contribution in [3.63, 3.8) is 0 Å². The molecule has 0 N–H and O–H groups in total. The molecule has 0 saturated heterocycles. The van der Waals surface area contributed by atoms with E-state index in [0.717, 1.165) is 0 Å². The van der Waals surface area contributed by atoms with Gasteiger partial charge in [-0.2, -0.15) is 0 Å². The van der Waals surface area contributed by atoms with Crippen LogP contribution in [0.25, 0.3) is 0 Å². The van der Waals surface area contributed by atoms with Crippen LogP contribution >= 0.6 is 0 Å². The fourth-order valence-electron chi connectivity index (χ4n) is 1.83. The number of carbonyl (C=O) groups is 1. The number of fused-ring (bicyclic) bond motifs is 1. The highest BCUT2D eigenvalue weighted by atomic mass is 32.2. The minimum absolute atomic E-state index is 0.0117. The van der Waals surface area contributed by atoms with Gasteiger partial charge in [-0.15, -0.1) is 0 Å². The van der Waals surface area contributed by atoms with Crippen molar-refractivity contribution in [1.29, 1.82) is 0 Å². The Morgan fingerprint density at radius 2 is 1.81 bits per heavy atom. The van der Waals surface area contributed by atoms with Gasteiger partial charge in [-0.25, -0.2) is 8.42 Å². The van der Waals surface area contributed by atoms with Gasteiger partial charge >= 0.3 is 5.97 Å². The van der Waals surface area contributed by atoms with Gasteiger partial charge in [0, 0.05) is 6.07 Å². The molecule has 6 nitrogen and oxygen atoms in total. The summed E-state index contributed by atoms with van der Waals surface area (Å²) in [5.74, 6) is -0.620. The Labute approximate surface area is 123 Å². The van der Waals surface area contributed by atoms with Crippen LogP contribution < -0.4 is 9.47 Å². The molecule has 1 aliphatic heterocycles. The Bertz CT molecular complexity index is 642. The third-order valence-corrected chi connectivity index (χ3v) is 4.19. The first-order valence-corrected chi connectivity index (χ1v) is 8.17. The predicted molar refractivity (Wildman–Crippen MR) is 75.3 cm³/mol.